The highest BCUT2D eigenvalue weighted by Gasteiger charge is 2.09. The zero-order valence-corrected chi connectivity index (χ0v) is 11.2. The summed E-state index contributed by atoms with van der Waals surface area (Å²) in [5.41, 5.74) is 6.27. The quantitative estimate of drug-likeness (QED) is 0.725. The van der Waals surface area contributed by atoms with Gasteiger partial charge >= 0.3 is 5.97 Å². The van der Waals surface area contributed by atoms with Crippen molar-refractivity contribution >= 4 is 33.5 Å². The zero-order chi connectivity index (χ0) is 13.9. The molecule has 1 aromatic carbocycles. The molecular weight excluding hydrogens is 278 g/mol. The summed E-state index contributed by atoms with van der Waals surface area (Å²) in [4.78, 5) is 19.7. The molecule has 0 unspecified atom stereocenters. The van der Waals surface area contributed by atoms with Crippen molar-refractivity contribution in [2.45, 2.75) is 13.2 Å². The average molecular weight is 289 g/mol. The summed E-state index contributed by atoms with van der Waals surface area (Å²) >= 11 is 1.51. The van der Waals surface area contributed by atoms with E-state index < -0.39 is 5.97 Å². The first-order chi connectivity index (χ1) is 9.70. The lowest BCUT2D eigenvalue weighted by Gasteiger charge is -2.01. The molecule has 0 aliphatic rings. The first kappa shape index (κ1) is 12.5. The second-order valence-electron chi connectivity index (χ2n) is 4.04. The molecule has 2 N–H and O–H groups in total. The number of benzene rings is 1. The fourth-order valence-corrected chi connectivity index (χ4v) is 2.57. The van der Waals surface area contributed by atoms with E-state index in [1.54, 1.807) is 0 Å². The lowest BCUT2D eigenvalue weighted by atomic mass is 10.3. The van der Waals surface area contributed by atoms with Crippen LogP contribution in [0.2, 0.25) is 0 Å². The van der Waals surface area contributed by atoms with Crippen LogP contribution in [-0.4, -0.2) is 25.7 Å². The van der Waals surface area contributed by atoms with Crippen molar-refractivity contribution in [3.8, 4) is 0 Å². The van der Waals surface area contributed by atoms with Crippen LogP contribution < -0.4 is 5.73 Å². The van der Waals surface area contributed by atoms with Crippen molar-refractivity contribution < 1.29 is 9.53 Å². The minimum absolute atomic E-state index is 0.0188. The van der Waals surface area contributed by atoms with E-state index in [9.17, 15) is 4.79 Å². The molecule has 20 heavy (non-hydrogen) atoms. The predicted octanol–water partition coefficient (Wildman–Crippen LogP) is 1.21. The smallest absolute Gasteiger partial charge is 0.328 e. The van der Waals surface area contributed by atoms with E-state index in [2.05, 4.69) is 15.1 Å². The van der Waals surface area contributed by atoms with E-state index in [0.717, 1.165) is 15.2 Å². The maximum atomic E-state index is 11.6. The monoisotopic (exact) mass is 289 g/mol. The Labute approximate surface area is 118 Å². The minimum atomic E-state index is -0.408. The molecule has 3 rings (SSSR count). The van der Waals surface area contributed by atoms with Crippen LogP contribution in [0.25, 0.3) is 10.2 Å². The van der Waals surface area contributed by atoms with Crippen LogP contribution in [0.1, 0.15) is 5.01 Å². The van der Waals surface area contributed by atoms with Crippen molar-refractivity contribution in [3.63, 3.8) is 0 Å². The van der Waals surface area contributed by atoms with Crippen LogP contribution in [0, 0.1) is 0 Å². The fourth-order valence-electron chi connectivity index (χ4n) is 1.69. The van der Waals surface area contributed by atoms with Crippen molar-refractivity contribution in [2.75, 3.05) is 5.73 Å². The molecule has 2 aromatic heterocycles. The number of esters is 1. The zero-order valence-electron chi connectivity index (χ0n) is 10.4. The van der Waals surface area contributed by atoms with Gasteiger partial charge in [-0.05, 0) is 12.1 Å². The molecule has 0 saturated heterocycles. The number of hydrogen-bond donors (Lipinski definition) is 1. The van der Waals surface area contributed by atoms with Gasteiger partial charge in [-0.2, -0.15) is 0 Å². The summed E-state index contributed by atoms with van der Waals surface area (Å²) in [6, 6.07) is 7.78. The number of nitrogens with zero attached hydrogens (tertiary/aromatic N) is 4. The van der Waals surface area contributed by atoms with E-state index in [-0.39, 0.29) is 19.1 Å². The number of carbonyl (C=O) groups excluding carboxylic acids is 1. The summed E-state index contributed by atoms with van der Waals surface area (Å²) < 4.78 is 7.55. The van der Waals surface area contributed by atoms with Crippen LogP contribution in [0.4, 0.5) is 5.95 Å². The third kappa shape index (κ3) is 2.75. The van der Waals surface area contributed by atoms with Gasteiger partial charge in [0.2, 0.25) is 5.95 Å². The van der Waals surface area contributed by atoms with E-state index in [4.69, 9.17) is 10.5 Å². The van der Waals surface area contributed by atoms with Gasteiger partial charge in [-0.15, -0.1) is 16.4 Å². The molecule has 0 bridgehead atoms. The summed E-state index contributed by atoms with van der Waals surface area (Å²) in [6.07, 6.45) is 1.38. The Kier molecular flexibility index (Phi) is 3.30. The minimum Gasteiger partial charge on any atom is -0.457 e. The molecule has 0 spiro atoms. The van der Waals surface area contributed by atoms with E-state index in [1.165, 1.54) is 22.3 Å². The molecule has 2 heterocycles. The van der Waals surface area contributed by atoms with Crippen LogP contribution in [0.15, 0.2) is 30.6 Å². The first-order valence-electron chi connectivity index (χ1n) is 5.86. The molecule has 0 atom stereocenters. The third-order valence-electron chi connectivity index (χ3n) is 2.54. The second-order valence-corrected chi connectivity index (χ2v) is 5.15. The molecule has 0 amide bonds. The van der Waals surface area contributed by atoms with Crippen LogP contribution in [0.3, 0.4) is 0 Å². The van der Waals surface area contributed by atoms with Gasteiger partial charge in [-0.3, -0.25) is 4.79 Å². The van der Waals surface area contributed by atoms with Crippen molar-refractivity contribution in [3.05, 3.63) is 35.6 Å². The number of fused-ring (bicyclic) bond motifs is 1. The third-order valence-corrected chi connectivity index (χ3v) is 3.55. The lowest BCUT2D eigenvalue weighted by Crippen LogP contribution is -2.14. The van der Waals surface area contributed by atoms with Crippen LogP contribution in [-0.2, 0) is 22.7 Å². The maximum Gasteiger partial charge on any atom is 0.328 e. The van der Waals surface area contributed by atoms with Crippen molar-refractivity contribution in [1.82, 2.24) is 19.7 Å². The van der Waals surface area contributed by atoms with Crippen molar-refractivity contribution in [2.24, 2.45) is 0 Å². The number of thiazole rings is 1. The number of nitrogen functional groups attached to an aromatic ring is 1. The number of rotatable bonds is 4. The Balaban J connectivity index is 1.59. The van der Waals surface area contributed by atoms with Gasteiger partial charge in [0.25, 0.3) is 0 Å². The van der Waals surface area contributed by atoms with E-state index in [1.807, 2.05) is 24.3 Å². The second kappa shape index (κ2) is 5.25. The SMILES string of the molecule is Nc1ncn(CC(=O)OCc2nc3ccccc3s2)n1. The van der Waals surface area contributed by atoms with Gasteiger partial charge in [0.05, 0.1) is 10.2 Å². The van der Waals surface area contributed by atoms with Crippen LogP contribution >= 0.6 is 11.3 Å². The highest BCUT2D eigenvalue weighted by Crippen LogP contribution is 2.21. The molecule has 0 aliphatic carbocycles. The molecule has 7 nitrogen and oxygen atoms in total. The highest BCUT2D eigenvalue weighted by molar-refractivity contribution is 7.18. The number of aromatic nitrogens is 4. The molecule has 0 fully saturated rings. The molecular formula is C12H11N5O2S. The highest BCUT2D eigenvalue weighted by atomic mass is 32.1. The van der Waals surface area contributed by atoms with Gasteiger partial charge in [-0.25, -0.2) is 14.6 Å². The topological polar surface area (TPSA) is 95.9 Å². The molecule has 8 heteroatoms. The van der Waals surface area contributed by atoms with Gasteiger partial charge in [0.15, 0.2) is 0 Å². The molecule has 0 radical (unpaired) electrons. The molecule has 0 saturated carbocycles. The van der Waals surface area contributed by atoms with Crippen molar-refractivity contribution in [1.29, 1.82) is 0 Å². The standard InChI is InChI=1S/C12H11N5O2S/c13-12-14-7-17(16-12)5-11(18)19-6-10-15-8-3-1-2-4-9(8)20-10/h1-4,7H,5-6H2,(H2,13,16). The van der Waals surface area contributed by atoms with E-state index in [0.29, 0.717) is 0 Å². The Bertz CT molecular complexity index is 718. The number of hydrogen-bond acceptors (Lipinski definition) is 7. The first-order valence-corrected chi connectivity index (χ1v) is 6.67. The summed E-state index contributed by atoms with van der Waals surface area (Å²) in [5, 5.41) is 4.57. The number of nitrogens with two attached hydrogens (primary N) is 1. The lowest BCUT2D eigenvalue weighted by molar-refractivity contribution is -0.145. The molecule has 3 aromatic rings. The Hall–Kier alpha value is -2.48. The Morgan fingerprint density at radius 3 is 3.00 bits per heavy atom. The van der Waals surface area contributed by atoms with Gasteiger partial charge in [0.1, 0.15) is 24.5 Å². The number of ether oxygens (including phenoxy) is 1. The molecule has 0 aliphatic heterocycles. The van der Waals surface area contributed by atoms with Gasteiger partial charge in [-0.1, -0.05) is 12.1 Å². The number of anilines is 1. The fraction of sp³-hybridized carbons (Fsp3) is 0.167. The molecule has 102 valence electrons. The average Bonchev–Trinajstić information content (AvgIpc) is 3.02. The Morgan fingerprint density at radius 1 is 1.40 bits per heavy atom. The normalized spacial score (nSPS) is 10.8. The Morgan fingerprint density at radius 2 is 2.25 bits per heavy atom. The van der Waals surface area contributed by atoms with Gasteiger partial charge in [0, 0.05) is 0 Å². The van der Waals surface area contributed by atoms with Gasteiger partial charge < -0.3 is 10.5 Å². The summed E-state index contributed by atoms with van der Waals surface area (Å²) in [5.74, 6) is -0.280. The predicted molar refractivity (Wildman–Crippen MR) is 73.9 cm³/mol. The van der Waals surface area contributed by atoms with E-state index >= 15 is 0 Å². The maximum absolute atomic E-state index is 11.6. The number of carbonyl (C=O) groups is 1. The largest absolute Gasteiger partial charge is 0.457 e. The number of para-hydroxylation sites is 1. The summed E-state index contributed by atoms with van der Waals surface area (Å²) in [7, 11) is 0. The summed E-state index contributed by atoms with van der Waals surface area (Å²) in [6.45, 7) is 0.136. The van der Waals surface area contributed by atoms with Crippen LogP contribution in [0.5, 0.6) is 0 Å².